The predicted octanol–water partition coefficient (Wildman–Crippen LogP) is 1.94. The van der Waals surface area contributed by atoms with Crippen molar-refractivity contribution < 1.29 is 5.11 Å². The van der Waals surface area contributed by atoms with Gasteiger partial charge in [0.25, 0.3) is 0 Å². The molecule has 0 spiro atoms. The molecule has 1 nitrogen and oxygen atoms in total. The highest BCUT2D eigenvalue weighted by atomic mass is 28.3. The summed E-state index contributed by atoms with van der Waals surface area (Å²) in [7, 11) is -1.18. The van der Waals surface area contributed by atoms with E-state index in [1.54, 1.807) is 0 Å². The minimum absolute atomic E-state index is 0.105. The molecule has 0 bridgehead atoms. The van der Waals surface area contributed by atoms with Gasteiger partial charge in [-0.05, 0) is 12.8 Å². The zero-order valence-corrected chi connectivity index (χ0v) is 8.02. The molecule has 1 rings (SSSR count). The van der Waals surface area contributed by atoms with Crippen LogP contribution in [0.25, 0.3) is 0 Å². The van der Waals surface area contributed by atoms with Crippen molar-refractivity contribution in [3.8, 4) is 0 Å². The minimum Gasteiger partial charge on any atom is -0.389 e. The van der Waals surface area contributed by atoms with Gasteiger partial charge in [-0.1, -0.05) is 30.9 Å². The van der Waals surface area contributed by atoms with E-state index in [1.165, 1.54) is 5.20 Å². The number of allylic oxidation sites excluding steroid dienone is 1. The smallest absolute Gasteiger partial charge is 0.0753 e. The molecule has 0 aliphatic heterocycles. The Morgan fingerprint density at radius 1 is 1.50 bits per heavy atom. The van der Waals surface area contributed by atoms with Crippen LogP contribution >= 0.6 is 0 Å². The predicted molar refractivity (Wildman–Crippen MR) is 46.7 cm³/mol. The summed E-state index contributed by atoms with van der Waals surface area (Å²) in [6.07, 6.45) is 4.17. The number of aliphatic hydroxyl groups excluding tert-OH is 1. The van der Waals surface area contributed by atoms with Crippen molar-refractivity contribution in [2.24, 2.45) is 0 Å². The Kier molecular flexibility index (Phi) is 2.01. The summed E-state index contributed by atoms with van der Waals surface area (Å²) in [6, 6.07) is 0. The van der Waals surface area contributed by atoms with Gasteiger partial charge in [-0.2, -0.15) is 0 Å². The molecule has 0 unspecified atom stereocenters. The molecule has 0 aromatic heterocycles. The average Bonchev–Trinajstić information content (AvgIpc) is 2.11. The molecule has 0 aromatic rings. The molecule has 0 fully saturated rings. The maximum Gasteiger partial charge on any atom is 0.0753 e. The molecule has 0 saturated heterocycles. The molecule has 0 aromatic carbocycles. The normalized spacial score (nSPS) is 26.8. The number of aliphatic hydroxyl groups is 1. The zero-order chi connectivity index (χ0) is 7.78. The fourth-order valence-corrected chi connectivity index (χ4v) is 3.39. The Bertz CT molecular complexity index is 155. The lowest BCUT2D eigenvalue weighted by Gasteiger charge is -2.21. The number of rotatable bonds is 1. The zero-order valence-electron chi connectivity index (χ0n) is 7.02. The van der Waals surface area contributed by atoms with Crippen molar-refractivity contribution in [1.82, 2.24) is 0 Å². The number of hydrogen-bond acceptors (Lipinski definition) is 1. The van der Waals surface area contributed by atoms with Gasteiger partial charge in [-0.25, -0.2) is 0 Å². The third-order valence-electron chi connectivity index (χ3n) is 2.03. The summed E-state index contributed by atoms with van der Waals surface area (Å²) >= 11 is 0. The van der Waals surface area contributed by atoms with Crippen LogP contribution in [0.1, 0.15) is 12.8 Å². The van der Waals surface area contributed by atoms with Gasteiger partial charge in [0.15, 0.2) is 0 Å². The highest BCUT2D eigenvalue weighted by molar-refractivity contribution is 6.83. The monoisotopic (exact) mass is 156 g/mol. The van der Waals surface area contributed by atoms with E-state index in [9.17, 15) is 5.11 Å². The Morgan fingerprint density at radius 2 is 2.10 bits per heavy atom. The van der Waals surface area contributed by atoms with Crippen LogP contribution in [0.3, 0.4) is 0 Å². The van der Waals surface area contributed by atoms with Crippen molar-refractivity contribution in [2.75, 3.05) is 0 Å². The molecule has 0 radical (unpaired) electrons. The molecule has 2 heteroatoms. The topological polar surface area (TPSA) is 20.2 Å². The fourth-order valence-electron chi connectivity index (χ4n) is 1.49. The molecule has 0 saturated carbocycles. The van der Waals surface area contributed by atoms with Crippen LogP contribution in [-0.2, 0) is 0 Å². The molecule has 1 aliphatic rings. The van der Waals surface area contributed by atoms with Crippen molar-refractivity contribution in [2.45, 2.75) is 38.6 Å². The lowest BCUT2D eigenvalue weighted by molar-refractivity contribution is 0.217. The second-order valence-electron chi connectivity index (χ2n) is 4.00. The quantitative estimate of drug-likeness (QED) is 0.575. The molecule has 0 amide bonds. The summed E-state index contributed by atoms with van der Waals surface area (Å²) in [6.45, 7) is 6.86. The van der Waals surface area contributed by atoms with E-state index in [2.05, 4.69) is 25.7 Å². The molecule has 58 valence electrons. The van der Waals surface area contributed by atoms with Crippen LogP contribution in [0.5, 0.6) is 0 Å². The SMILES string of the molecule is C[Si](C)(C)C1=CCC[C@@H]1O. The maximum atomic E-state index is 9.49. The molecule has 1 N–H and O–H groups in total. The summed E-state index contributed by atoms with van der Waals surface area (Å²) < 4.78 is 0. The largest absolute Gasteiger partial charge is 0.389 e. The first-order valence-corrected chi connectivity index (χ1v) is 7.40. The van der Waals surface area contributed by atoms with Gasteiger partial charge in [0.05, 0.1) is 14.2 Å². The van der Waals surface area contributed by atoms with Crippen molar-refractivity contribution in [3.63, 3.8) is 0 Å². The standard InChI is InChI=1S/C8H16OSi/c1-10(2,3)8-6-4-5-7(8)9/h6-7,9H,4-5H2,1-3H3/t7-/m0/s1. The van der Waals surface area contributed by atoms with Gasteiger partial charge in [0, 0.05) is 0 Å². The third-order valence-corrected chi connectivity index (χ3v) is 4.30. The van der Waals surface area contributed by atoms with Gasteiger partial charge >= 0.3 is 0 Å². The Balaban J connectivity index is 2.72. The molecule has 0 heterocycles. The lowest BCUT2D eigenvalue weighted by atomic mass is 10.3. The van der Waals surface area contributed by atoms with Crippen LogP contribution in [0, 0.1) is 0 Å². The van der Waals surface area contributed by atoms with E-state index < -0.39 is 8.07 Å². The van der Waals surface area contributed by atoms with Crippen LogP contribution in [0.2, 0.25) is 19.6 Å². The van der Waals surface area contributed by atoms with Crippen molar-refractivity contribution in [3.05, 3.63) is 11.3 Å². The van der Waals surface area contributed by atoms with Crippen LogP contribution in [-0.4, -0.2) is 19.3 Å². The van der Waals surface area contributed by atoms with E-state index in [0.717, 1.165) is 12.8 Å². The van der Waals surface area contributed by atoms with E-state index in [0.29, 0.717) is 0 Å². The van der Waals surface area contributed by atoms with Gasteiger partial charge in [0.2, 0.25) is 0 Å². The summed E-state index contributed by atoms with van der Waals surface area (Å²) in [5.74, 6) is 0. The van der Waals surface area contributed by atoms with Gasteiger partial charge in [0.1, 0.15) is 0 Å². The third kappa shape index (κ3) is 1.50. The first-order valence-electron chi connectivity index (χ1n) is 3.90. The molecular weight excluding hydrogens is 140 g/mol. The molecule has 1 aliphatic carbocycles. The highest BCUT2D eigenvalue weighted by Gasteiger charge is 2.27. The van der Waals surface area contributed by atoms with E-state index in [1.807, 2.05) is 0 Å². The Labute approximate surface area is 63.8 Å². The highest BCUT2D eigenvalue weighted by Crippen LogP contribution is 2.26. The van der Waals surface area contributed by atoms with E-state index in [-0.39, 0.29) is 6.10 Å². The van der Waals surface area contributed by atoms with Crippen LogP contribution < -0.4 is 0 Å². The summed E-state index contributed by atoms with van der Waals surface area (Å²) in [4.78, 5) is 0. The van der Waals surface area contributed by atoms with E-state index >= 15 is 0 Å². The first-order chi connectivity index (χ1) is 4.52. The number of hydrogen-bond donors (Lipinski definition) is 1. The maximum absolute atomic E-state index is 9.49. The fraction of sp³-hybridized carbons (Fsp3) is 0.750. The Hall–Kier alpha value is -0.0831. The average molecular weight is 156 g/mol. The van der Waals surface area contributed by atoms with Crippen LogP contribution in [0.15, 0.2) is 11.3 Å². The van der Waals surface area contributed by atoms with Gasteiger partial charge in [-0.15, -0.1) is 0 Å². The minimum atomic E-state index is -1.18. The van der Waals surface area contributed by atoms with Gasteiger partial charge < -0.3 is 5.11 Å². The second kappa shape index (κ2) is 2.51. The van der Waals surface area contributed by atoms with Crippen molar-refractivity contribution >= 4 is 8.07 Å². The first kappa shape index (κ1) is 8.02. The molecule has 1 atom stereocenters. The lowest BCUT2D eigenvalue weighted by Crippen LogP contribution is -2.29. The molecular formula is C8H16OSi. The summed E-state index contributed by atoms with van der Waals surface area (Å²) in [5, 5.41) is 10.8. The van der Waals surface area contributed by atoms with Crippen LogP contribution in [0.4, 0.5) is 0 Å². The Morgan fingerprint density at radius 3 is 2.30 bits per heavy atom. The summed E-state index contributed by atoms with van der Waals surface area (Å²) in [5.41, 5.74) is 0. The van der Waals surface area contributed by atoms with E-state index in [4.69, 9.17) is 0 Å². The van der Waals surface area contributed by atoms with Crippen molar-refractivity contribution in [1.29, 1.82) is 0 Å². The molecule has 10 heavy (non-hydrogen) atoms. The second-order valence-corrected chi connectivity index (χ2v) is 9.08. The van der Waals surface area contributed by atoms with Gasteiger partial charge in [-0.3, -0.25) is 0 Å².